The molecule has 3 heterocycles. The van der Waals surface area contributed by atoms with E-state index in [1.807, 2.05) is 23.6 Å². The highest BCUT2D eigenvalue weighted by atomic mass is 32.1. The van der Waals surface area contributed by atoms with E-state index in [-0.39, 0.29) is 12.5 Å². The van der Waals surface area contributed by atoms with Crippen LogP contribution in [-0.4, -0.2) is 23.4 Å². The first-order chi connectivity index (χ1) is 12.7. The first-order valence-electron chi connectivity index (χ1n) is 8.26. The number of rotatable bonds is 5. The van der Waals surface area contributed by atoms with Crippen LogP contribution in [0.2, 0.25) is 0 Å². The van der Waals surface area contributed by atoms with Crippen LogP contribution >= 0.6 is 11.3 Å². The van der Waals surface area contributed by atoms with Gasteiger partial charge in [-0.15, -0.1) is 11.3 Å². The molecule has 6 nitrogen and oxygen atoms in total. The second-order valence-corrected chi connectivity index (χ2v) is 6.84. The summed E-state index contributed by atoms with van der Waals surface area (Å²) in [5.74, 6) is 0.138. The number of nitrogens with zero attached hydrogens (tertiary/aromatic N) is 2. The Morgan fingerprint density at radius 1 is 1.31 bits per heavy atom. The minimum atomic E-state index is -0.459. The zero-order valence-corrected chi connectivity index (χ0v) is 14.7. The lowest BCUT2D eigenvalue weighted by Gasteiger charge is -2.16. The fourth-order valence-corrected chi connectivity index (χ4v) is 3.49. The standard InChI is InChI=1S/C19H16N2O4S/c22-17-7-2-8-21(17)15-5-1-4-13(10-15)19(23)25-12-14-11-24-18(20-14)16-6-3-9-26-16/h1,3-6,9-11H,2,7-8,12H2. The first-order valence-corrected chi connectivity index (χ1v) is 9.14. The van der Waals surface area contributed by atoms with Gasteiger partial charge in [-0.1, -0.05) is 12.1 Å². The second kappa shape index (κ2) is 7.13. The Bertz CT molecular complexity index is 933. The smallest absolute Gasteiger partial charge is 0.338 e. The number of benzene rings is 1. The van der Waals surface area contributed by atoms with Crippen molar-refractivity contribution in [1.82, 2.24) is 4.98 Å². The molecule has 0 radical (unpaired) electrons. The van der Waals surface area contributed by atoms with E-state index in [0.29, 0.717) is 30.1 Å². The van der Waals surface area contributed by atoms with Crippen molar-refractivity contribution in [3.05, 3.63) is 59.3 Å². The van der Waals surface area contributed by atoms with Gasteiger partial charge in [0.05, 0.1) is 10.4 Å². The minimum absolute atomic E-state index is 0.0284. The lowest BCUT2D eigenvalue weighted by Crippen LogP contribution is -2.23. The van der Waals surface area contributed by atoms with Crippen molar-refractivity contribution in [3.8, 4) is 10.8 Å². The van der Waals surface area contributed by atoms with Crippen LogP contribution in [0.25, 0.3) is 10.8 Å². The third-order valence-electron chi connectivity index (χ3n) is 4.10. The number of esters is 1. The normalized spacial score (nSPS) is 14.0. The van der Waals surface area contributed by atoms with Crippen LogP contribution in [0, 0.1) is 0 Å². The van der Waals surface area contributed by atoms with Crippen molar-refractivity contribution in [1.29, 1.82) is 0 Å². The molecule has 1 fully saturated rings. The third kappa shape index (κ3) is 3.39. The Morgan fingerprint density at radius 3 is 3.00 bits per heavy atom. The molecule has 0 saturated carbocycles. The Morgan fingerprint density at radius 2 is 2.23 bits per heavy atom. The zero-order chi connectivity index (χ0) is 17.9. The van der Waals surface area contributed by atoms with Crippen LogP contribution in [0.4, 0.5) is 5.69 Å². The van der Waals surface area contributed by atoms with E-state index in [4.69, 9.17) is 9.15 Å². The van der Waals surface area contributed by atoms with E-state index in [0.717, 1.165) is 17.0 Å². The molecule has 1 amide bonds. The number of thiophene rings is 1. The number of ether oxygens (including phenoxy) is 1. The van der Waals surface area contributed by atoms with Crippen LogP contribution in [0.1, 0.15) is 28.9 Å². The number of anilines is 1. The molecule has 1 aliphatic rings. The summed E-state index contributed by atoms with van der Waals surface area (Å²) in [4.78, 5) is 31.1. The number of aromatic nitrogens is 1. The van der Waals surface area contributed by atoms with Gasteiger partial charge in [-0.25, -0.2) is 9.78 Å². The molecule has 4 rings (SSSR count). The van der Waals surface area contributed by atoms with Crippen molar-refractivity contribution >= 4 is 28.9 Å². The molecular formula is C19H16N2O4S. The van der Waals surface area contributed by atoms with Crippen molar-refractivity contribution in [2.75, 3.05) is 11.4 Å². The van der Waals surface area contributed by atoms with Crippen LogP contribution in [0.15, 0.2) is 52.5 Å². The predicted octanol–water partition coefficient (Wildman–Crippen LogP) is 3.89. The van der Waals surface area contributed by atoms with Crippen molar-refractivity contribution in [3.63, 3.8) is 0 Å². The average molecular weight is 368 g/mol. The van der Waals surface area contributed by atoms with Crippen LogP contribution in [-0.2, 0) is 16.1 Å². The van der Waals surface area contributed by atoms with E-state index in [1.54, 1.807) is 23.1 Å². The fraction of sp³-hybridized carbons (Fsp3) is 0.211. The average Bonchev–Trinajstić information content (AvgIpc) is 3.40. The molecule has 0 atom stereocenters. The summed E-state index contributed by atoms with van der Waals surface area (Å²) in [6, 6.07) is 10.8. The molecule has 132 valence electrons. The Hall–Kier alpha value is -2.93. The Balaban J connectivity index is 1.41. The summed E-state index contributed by atoms with van der Waals surface area (Å²) in [5.41, 5.74) is 1.68. The maximum atomic E-state index is 12.3. The van der Waals surface area contributed by atoms with Gasteiger partial charge in [0.15, 0.2) is 0 Å². The van der Waals surface area contributed by atoms with E-state index in [1.165, 1.54) is 17.6 Å². The van der Waals surface area contributed by atoms with Gasteiger partial charge < -0.3 is 14.1 Å². The summed E-state index contributed by atoms with van der Waals surface area (Å²) >= 11 is 1.53. The Kier molecular flexibility index (Phi) is 4.53. The summed E-state index contributed by atoms with van der Waals surface area (Å²) in [7, 11) is 0. The van der Waals surface area contributed by atoms with Crippen LogP contribution in [0.5, 0.6) is 0 Å². The quantitative estimate of drug-likeness (QED) is 0.639. The van der Waals surface area contributed by atoms with Crippen LogP contribution in [0.3, 0.4) is 0 Å². The van der Waals surface area contributed by atoms with E-state index < -0.39 is 5.97 Å². The summed E-state index contributed by atoms with van der Waals surface area (Å²) in [5, 5.41) is 1.94. The van der Waals surface area contributed by atoms with Crippen LogP contribution < -0.4 is 4.90 Å². The molecule has 26 heavy (non-hydrogen) atoms. The fourth-order valence-electron chi connectivity index (χ4n) is 2.83. The van der Waals surface area contributed by atoms with E-state index >= 15 is 0 Å². The third-order valence-corrected chi connectivity index (χ3v) is 4.96. The van der Waals surface area contributed by atoms with Gasteiger partial charge in [0.1, 0.15) is 18.6 Å². The topological polar surface area (TPSA) is 72.6 Å². The molecule has 0 bridgehead atoms. The van der Waals surface area contributed by atoms with Crippen molar-refractivity contribution in [2.45, 2.75) is 19.4 Å². The number of hydrogen-bond donors (Lipinski definition) is 0. The molecule has 0 unspecified atom stereocenters. The molecule has 7 heteroatoms. The molecule has 2 aromatic heterocycles. The maximum Gasteiger partial charge on any atom is 0.338 e. The highest BCUT2D eigenvalue weighted by Gasteiger charge is 2.22. The molecule has 1 aromatic carbocycles. The number of amides is 1. The molecule has 1 saturated heterocycles. The van der Waals surface area contributed by atoms with Crippen molar-refractivity contribution < 1.29 is 18.7 Å². The van der Waals surface area contributed by atoms with Gasteiger partial charge in [-0.05, 0) is 36.1 Å². The number of hydrogen-bond acceptors (Lipinski definition) is 6. The highest BCUT2D eigenvalue weighted by molar-refractivity contribution is 7.13. The lowest BCUT2D eigenvalue weighted by atomic mass is 10.2. The SMILES string of the molecule is O=C(OCc1coc(-c2cccs2)n1)c1cccc(N2CCCC2=O)c1. The number of carbonyl (C=O) groups is 2. The molecule has 0 N–H and O–H groups in total. The summed E-state index contributed by atoms with van der Waals surface area (Å²) < 4.78 is 10.7. The zero-order valence-electron chi connectivity index (χ0n) is 13.9. The summed E-state index contributed by atoms with van der Waals surface area (Å²) in [6.45, 7) is 0.711. The predicted molar refractivity (Wildman–Crippen MR) is 97.0 cm³/mol. The van der Waals surface area contributed by atoms with Crippen molar-refractivity contribution in [2.24, 2.45) is 0 Å². The monoisotopic (exact) mass is 368 g/mol. The first kappa shape index (κ1) is 16.5. The second-order valence-electron chi connectivity index (χ2n) is 5.90. The summed E-state index contributed by atoms with van der Waals surface area (Å²) in [6.07, 6.45) is 2.88. The molecule has 3 aromatic rings. The Labute approximate surface area is 154 Å². The highest BCUT2D eigenvalue weighted by Crippen LogP contribution is 2.25. The number of carbonyl (C=O) groups excluding carboxylic acids is 2. The lowest BCUT2D eigenvalue weighted by molar-refractivity contribution is -0.117. The largest absolute Gasteiger partial charge is 0.455 e. The molecule has 0 aliphatic carbocycles. The molecular weight excluding hydrogens is 352 g/mol. The van der Waals surface area contributed by atoms with Gasteiger partial charge in [0.2, 0.25) is 11.8 Å². The minimum Gasteiger partial charge on any atom is -0.455 e. The van der Waals surface area contributed by atoms with Gasteiger partial charge in [0.25, 0.3) is 0 Å². The van der Waals surface area contributed by atoms with Gasteiger partial charge in [-0.2, -0.15) is 0 Å². The molecule has 1 aliphatic heterocycles. The van der Waals surface area contributed by atoms with Gasteiger partial charge in [0, 0.05) is 18.7 Å². The van der Waals surface area contributed by atoms with E-state index in [2.05, 4.69) is 4.98 Å². The van der Waals surface area contributed by atoms with Gasteiger partial charge in [-0.3, -0.25) is 4.79 Å². The maximum absolute atomic E-state index is 12.3. The van der Waals surface area contributed by atoms with Gasteiger partial charge >= 0.3 is 5.97 Å². The molecule has 0 spiro atoms. The number of oxazole rings is 1. The van der Waals surface area contributed by atoms with E-state index in [9.17, 15) is 9.59 Å².